The Bertz CT molecular complexity index is 874. The van der Waals surface area contributed by atoms with Crippen LogP contribution in [0.5, 0.6) is 11.5 Å². The number of ether oxygens (including phenoxy) is 2. The molecule has 0 aliphatic carbocycles. The summed E-state index contributed by atoms with van der Waals surface area (Å²) in [5.74, 6) is 1.20. The van der Waals surface area contributed by atoms with Crippen molar-refractivity contribution in [2.24, 2.45) is 0 Å². The first-order valence-electron chi connectivity index (χ1n) is 7.69. The van der Waals surface area contributed by atoms with Crippen LogP contribution in [-0.4, -0.2) is 20.1 Å². The van der Waals surface area contributed by atoms with Crippen LogP contribution in [-0.2, 0) is 11.2 Å². The average molecular weight is 321 g/mol. The van der Waals surface area contributed by atoms with Gasteiger partial charge in [-0.05, 0) is 40.6 Å². The number of hydrogen-bond acceptors (Lipinski definition) is 3. The van der Waals surface area contributed by atoms with Crippen molar-refractivity contribution < 1.29 is 14.3 Å². The first-order valence-corrected chi connectivity index (χ1v) is 7.69. The lowest BCUT2D eigenvalue weighted by atomic mass is 10.1. The molecule has 0 atom stereocenters. The Kier molecular flexibility index (Phi) is 4.66. The third kappa shape index (κ3) is 3.49. The molecule has 0 aliphatic rings. The number of carbonyl (C=O) groups excluding carboxylic acids is 1. The van der Waals surface area contributed by atoms with Gasteiger partial charge in [-0.15, -0.1) is 0 Å². The minimum Gasteiger partial charge on any atom is -0.493 e. The minimum absolute atomic E-state index is 0.0718. The Morgan fingerprint density at radius 2 is 1.62 bits per heavy atom. The Labute approximate surface area is 141 Å². The molecule has 0 spiro atoms. The second kappa shape index (κ2) is 7.04. The molecule has 122 valence electrons. The minimum atomic E-state index is -0.0718. The van der Waals surface area contributed by atoms with Gasteiger partial charge in [-0.1, -0.05) is 36.4 Å². The van der Waals surface area contributed by atoms with Crippen LogP contribution in [0.3, 0.4) is 0 Å². The number of fused-ring (bicyclic) bond motifs is 1. The molecule has 0 bridgehead atoms. The highest BCUT2D eigenvalue weighted by molar-refractivity contribution is 5.95. The first kappa shape index (κ1) is 15.9. The number of benzene rings is 3. The van der Waals surface area contributed by atoms with Gasteiger partial charge in [-0.2, -0.15) is 0 Å². The Balaban J connectivity index is 1.72. The van der Waals surface area contributed by atoms with Gasteiger partial charge < -0.3 is 14.8 Å². The first-order chi connectivity index (χ1) is 11.7. The molecule has 0 saturated carbocycles. The summed E-state index contributed by atoms with van der Waals surface area (Å²) in [7, 11) is 3.17. The zero-order chi connectivity index (χ0) is 16.9. The highest BCUT2D eigenvalue weighted by Crippen LogP contribution is 2.28. The quantitative estimate of drug-likeness (QED) is 0.771. The maximum absolute atomic E-state index is 12.3. The monoisotopic (exact) mass is 321 g/mol. The van der Waals surface area contributed by atoms with Gasteiger partial charge in [0.15, 0.2) is 11.5 Å². The normalized spacial score (nSPS) is 10.4. The van der Waals surface area contributed by atoms with Gasteiger partial charge in [-0.3, -0.25) is 4.79 Å². The van der Waals surface area contributed by atoms with Gasteiger partial charge in [0, 0.05) is 5.69 Å². The van der Waals surface area contributed by atoms with E-state index in [9.17, 15) is 4.79 Å². The molecule has 4 nitrogen and oxygen atoms in total. The number of amides is 1. The van der Waals surface area contributed by atoms with Crippen molar-refractivity contribution >= 4 is 22.4 Å². The van der Waals surface area contributed by atoms with Crippen molar-refractivity contribution in [1.29, 1.82) is 0 Å². The van der Waals surface area contributed by atoms with Crippen LogP contribution >= 0.6 is 0 Å². The predicted octanol–water partition coefficient (Wildman–Crippen LogP) is 4.04. The standard InChI is InChI=1S/C20H19NO3/c1-23-18-10-7-14(11-19(18)24-2)12-20(22)21-17-9-8-15-5-3-4-6-16(15)13-17/h3-11,13H,12H2,1-2H3,(H,21,22). The second-order valence-corrected chi connectivity index (χ2v) is 5.48. The lowest BCUT2D eigenvalue weighted by Gasteiger charge is -2.10. The van der Waals surface area contributed by atoms with Crippen molar-refractivity contribution in [3.63, 3.8) is 0 Å². The number of hydrogen-bond donors (Lipinski definition) is 1. The molecule has 3 aromatic rings. The number of rotatable bonds is 5. The number of carbonyl (C=O) groups is 1. The van der Waals surface area contributed by atoms with Crippen LogP contribution in [0.4, 0.5) is 5.69 Å². The number of methoxy groups -OCH3 is 2. The highest BCUT2D eigenvalue weighted by atomic mass is 16.5. The molecule has 4 heteroatoms. The van der Waals surface area contributed by atoms with Crippen molar-refractivity contribution in [2.75, 3.05) is 19.5 Å². The van der Waals surface area contributed by atoms with Crippen LogP contribution < -0.4 is 14.8 Å². The maximum Gasteiger partial charge on any atom is 0.228 e. The van der Waals surface area contributed by atoms with Gasteiger partial charge in [0.1, 0.15) is 0 Å². The van der Waals surface area contributed by atoms with Crippen molar-refractivity contribution in [3.05, 3.63) is 66.2 Å². The summed E-state index contributed by atoms with van der Waals surface area (Å²) >= 11 is 0. The molecule has 0 aromatic heterocycles. The van der Waals surface area contributed by atoms with Crippen LogP contribution in [0, 0.1) is 0 Å². The molecule has 3 aromatic carbocycles. The summed E-state index contributed by atoms with van der Waals surface area (Å²) in [5.41, 5.74) is 1.66. The largest absolute Gasteiger partial charge is 0.493 e. The van der Waals surface area contributed by atoms with E-state index in [2.05, 4.69) is 5.32 Å². The molecule has 1 amide bonds. The van der Waals surface area contributed by atoms with Crippen LogP contribution in [0.2, 0.25) is 0 Å². The van der Waals surface area contributed by atoms with Gasteiger partial charge in [0.25, 0.3) is 0 Å². The molecule has 0 heterocycles. The molecule has 0 radical (unpaired) electrons. The van der Waals surface area contributed by atoms with E-state index >= 15 is 0 Å². The van der Waals surface area contributed by atoms with Gasteiger partial charge >= 0.3 is 0 Å². The third-order valence-corrected chi connectivity index (χ3v) is 3.85. The fraction of sp³-hybridized carbons (Fsp3) is 0.150. The second-order valence-electron chi connectivity index (χ2n) is 5.48. The van der Waals surface area contributed by atoms with Crippen LogP contribution in [0.15, 0.2) is 60.7 Å². The zero-order valence-electron chi connectivity index (χ0n) is 13.7. The molecule has 0 unspecified atom stereocenters. The van der Waals surface area contributed by atoms with E-state index in [1.54, 1.807) is 20.3 Å². The molecule has 3 rings (SSSR count). The molecular formula is C20H19NO3. The molecule has 0 saturated heterocycles. The fourth-order valence-corrected chi connectivity index (χ4v) is 2.65. The highest BCUT2D eigenvalue weighted by Gasteiger charge is 2.09. The summed E-state index contributed by atoms with van der Waals surface area (Å²) in [4.78, 5) is 12.3. The molecule has 24 heavy (non-hydrogen) atoms. The van der Waals surface area contributed by atoms with E-state index in [-0.39, 0.29) is 12.3 Å². The maximum atomic E-state index is 12.3. The third-order valence-electron chi connectivity index (χ3n) is 3.85. The van der Waals surface area contributed by atoms with Gasteiger partial charge in [-0.25, -0.2) is 0 Å². The lowest BCUT2D eigenvalue weighted by Crippen LogP contribution is -2.14. The molecule has 0 fully saturated rings. The van der Waals surface area contributed by atoms with E-state index in [1.807, 2.05) is 54.6 Å². The van der Waals surface area contributed by atoms with Gasteiger partial charge in [0.2, 0.25) is 5.91 Å². The molecular weight excluding hydrogens is 302 g/mol. The van der Waals surface area contributed by atoms with E-state index in [4.69, 9.17) is 9.47 Å². The Morgan fingerprint density at radius 1 is 0.875 bits per heavy atom. The summed E-state index contributed by atoms with van der Waals surface area (Å²) in [6, 6.07) is 19.4. The summed E-state index contributed by atoms with van der Waals surface area (Å²) < 4.78 is 10.5. The summed E-state index contributed by atoms with van der Waals surface area (Å²) in [5, 5.41) is 5.18. The fourth-order valence-electron chi connectivity index (χ4n) is 2.65. The van der Waals surface area contributed by atoms with E-state index in [0.29, 0.717) is 11.5 Å². The average Bonchev–Trinajstić information content (AvgIpc) is 2.61. The number of anilines is 1. The van der Waals surface area contributed by atoms with Crippen LogP contribution in [0.1, 0.15) is 5.56 Å². The lowest BCUT2D eigenvalue weighted by molar-refractivity contribution is -0.115. The Morgan fingerprint density at radius 3 is 2.38 bits per heavy atom. The smallest absolute Gasteiger partial charge is 0.228 e. The van der Waals surface area contributed by atoms with Crippen molar-refractivity contribution in [1.82, 2.24) is 0 Å². The van der Waals surface area contributed by atoms with Crippen molar-refractivity contribution in [3.8, 4) is 11.5 Å². The van der Waals surface area contributed by atoms with Crippen LogP contribution in [0.25, 0.3) is 10.8 Å². The SMILES string of the molecule is COc1ccc(CC(=O)Nc2ccc3ccccc3c2)cc1OC. The van der Waals surface area contributed by atoms with E-state index < -0.39 is 0 Å². The van der Waals surface area contributed by atoms with E-state index in [1.165, 1.54) is 0 Å². The van der Waals surface area contributed by atoms with E-state index in [0.717, 1.165) is 22.0 Å². The van der Waals surface area contributed by atoms with Gasteiger partial charge in [0.05, 0.1) is 20.6 Å². The molecule has 1 N–H and O–H groups in total. The molecule has 0 aliphatic heterocycles. The number of nitrogens with one attached hydrogen (secondary N) is 1. The predicted molar refractivity (Wildman–Crippen MR) is 95.8 cm³/mol. The Hall–Kier alpha value is -3.01. The zero-order valence-corrected chi connectivity index (χ0v) is 13.7. The topological polar surface area (TPSA) is 47.6 Å². The summed E-state index contributed by atoms with van der Waals surface area (Å²) in [6.45, 7) is 0. The summed E-state index contributed by atoms with van der Waals surface area (Å²) in [6.07, 6.45) is 0.271. The van der Waals surface area contributed by atoms with Crippen molar-refractivity contribution in [2.45, 2.75) is 6.42 Å².